The van der Waals surface area contributed by atoms with Gasteiger partial charge in [0.25, 0.3) is 0 Å². The van der Waals surface area contributed by atoms with E-state index in [1.165, 1.54) is 0 Å². The smallest absolute Gasteiger partial charge is 0.161 e. The molecule has 0 aromatic heterocycles. The van der Waals surface area contributed by atoms with Crippen LogP contribution in [-0.4, -0.2) is 24.2 Å². The van der Waals surface area contributed by atoms with Gasteiger partial charge in [-0.15, -0.1) is 11.6 Å². The minimum atomic E-state index is -0.649. The van der Waals surface area contributed by atoms with Gasteiger partial charge >= 0.3 is 0 Å². The molecule has 0 spiro atoms. The van der Waals surface area contributed by atoms with E-state index in [1.54, 1.807) is 12.1 Å². The summed E-state index contributed by atoms with van der Waals surface area (Å²) in [6.45, 7) is 1.32. The lowest BCUT2D eigenvalue weighted by molar-refractivity contribution is 0.202. The Morgan fingerprint density at radius 1 is 1.27 bits per heavy atom. The van der Waals surface area contributed by atoms with Crippen LogP contribution < -0.4 is 9.47 Å². The molecule has 1 aromatic rings. The molecule has 82 valence electrons. The van der Waals surface area contributed by atoms with Crippen LogP contribution in [0, 0.1) is 0 Å². The lowest BCUT2D eigenvalue weighted by Crippen LogP contribution is -2.00. The first kappa shape index (κ1) is 10.6. The minimum absolute atomic E-state index is 0.180. The largest absolute Gasteiger partial charge is 0.490 e. The van der Waals surface area contributed by atoms with Gasteiger partial charge in [-0.3, -0.25) is 0 Å². The summed E-state index contributed by atoms with van der Waals surface area (Å²) >= 11 is 5.58. The first-order valence-corrected chi connectivity index (χ1v) is 5.48. The van der Waals surface area contributed by atoms with E-state index >= 15 is 0 Å². The maximum atomic E-state index is 9.57. The summed E-state index contributed by atoms with van der Waals surface area (Å²) in [7, 11) is 0. The van der Waals surface area contributed by atoms with Crippen molar-refractivity contribution in [2.45, 2.75) is 12.5 Å². The van der Waals surface area contributed by atoms with E-state index < -0.39 is 6.10 Å². The summed E-state index contributed by atoms with van der Waals surface area (Å²) in [6, 6.07) is 5.40. The van der Waals surface area contributed by atoms with Crippen molar-refractivity contribution in [1.29, 1.82) is 0 Å². The van der Waals surface area contributed by atoms with Crippen molar-refractivity contribution < 1.29 is 14.6 Å². The van der Waals surface area contributed by atoms with Crippen LogP contribution in [0.3, 0.4) is 0 Å². The molecule has 1 aromatic carbocycles. The molecule has 0 fully saturated rings. The highest BCUT2D eigenvalue weighted by Crippen LogP contribution is 2.32. The molecule has 1 aliphatic heterocycles. The van der Waals surface area contributed by atoms with Crippen molar-refractivity contribution in [3.05, 3.63) is 23.8 Å². The summed E-state index contributed by atoms with van der Waals surface area (Å²) in [5.74, 6) is 1.60. The molecule has 1 heterocycles. The van der Waals surface area contributed by atoms with E-state index in [1.807, 2.05) is 6.07 Å². The lowest BCUT2D eigenvalue weighted by Gasteiger charge is -2.11. The van der Waals surface area contributed by atoms with Gasteiger partial charge in [0.15, 0.2) is 11.5 Å². The van der Waals surface area contributed by atoms with Crippen LogP contribution in [-0.2, 0) is 0 Å². The Labute approximate surface area is 93.6 Å². The highest BCUT2D eigenvalue weighted by atomic mass is 35.5. The number of halogens is 1. The molecule has 1 atom stereocenters. The Morgan fingerprint density at radius 2 is 2.00 bits per heavy atom. The van der Waals surface area contributed by atoms with E-state index in [9.17, 15) is 5.11 Å². The van der Waals surface area contributed by atoms with Crippen LogP contribution in [0.25, 0.3) is 0 Å². The average molecular weight is 229 g/mol. The summed E-state index contributed by atoms with van der Waals surface area (Å²) in [4.78, 5) is 0. The van der Waals surface area contributed by atoms with Crippen LogP contribution in [0.15, 0.2) is 18.2 Å². The summed E-state index contributed by atoms with van der Waals surface area (Å²) in [5.41, 5.74) is 0.759. The molecule has 4 heteroatoms. The van der Waals surface area contributed by atoms with Crippen molar-refractivity contribution in [1.82, 2.24) is 0 Å². The van der Waals surface area contributed by atoms with Crippen molar-refractivity contribution in [3.8, 4) is 11.5 Å². The standard InChI is InChI=1S/C11H13ClO3/c12-7-9(13)8-2-3-10-11(6-8)15-5-1-4-14-10/h2-3,6,9,13H,1,4-5,7H2/t9-/m1/s1. The third-order valence-corrected chi connectivity index (χ3v) is 2.59. The Morgan fingerprint density at radius 3 is 2.73 bits per heavy atom. The van der Waals surface area contributed by atoms with Crippen LogP contribution in [0.2, 0.25) is 0 Å². The summed E-state index contributed by atoms with van der Waals surface area (Å²) in [5, 5.41) is 9.57. The van der Waals surface area contributed by atoms with E-state index in [0.29, 0.717) is 19.0 Å². The molecule has 0 aliphatic carbocycles. The molecule has 0 radical (unpaired) electrons. The molecule has 1 aliphatic rings. The maximum Gasteiger partial charge on any atom is 0.161 e. The first-order chi connectivity index (χ1) is 7.31. The highest BCUT2D eigenvalue weighted by Gasteiger charge is 2.13. The van der Waals surface area contributed by atoms with Crippen molar-refractivity contribution in [3.63, 3.8) is 0 Å². The van der Waals surface area contributed by atoms with Crippen LogP contribution >= 0.6 is 11.6 Å². The summed E-state index contributed by atoms with van der Waals surface area (Å²) < 4.78 is 11.0. The Kier molecular flexibility index (Phi) is 3.34. The van der Waals surface area contributed by atoms with Crippen LogP contribution in [0.5, 0.6) is 11.5 Å². The number of hydrogen-bond donors (Lipinski definition) is 1. The number of fused-ring (bicyclic) bond motifs is 1. The molecule has 15 heavy (non-hydrogen) atoms. The number of aliphatic hydroxyl groups is 1. The lowest BCUT2D eigenvalue weighted by atomic mass is 10.1. The fourth-order valence-electron chi connectivity index (χ4n) is 1.48. The van der Waals surface area contributed by atoms with Crippen LogP contribution in [0.4, 0.5) is 0 Å². The normalized spacial score (nSPS) is 16.9. The Balaban J connectivity index is 2.27. The van der Waals surface area contributed by atoms with E-state index in [4.69, 9.17) is 21.1 Å². The predicted octanol–water partition coefficient (Wildman–Crippen LogP) is 2.12. The van der Waals surface area contributed by atoms with E-state index in [2.05, 4.69) is 0 Å². The molecule has 2 rings (SSSR count). The fraction of sp³-hybridized carbons (Fsp3) is 0.455. The molecule has 0 unspecified atom stereocenters. The van der Waals surface area contributed by atoms with E-state index in [-0.39, 0.29) is 5.88 Å². The Hall–Kier alpha value is -0.930. The van der Waals surface area contributed by atoms with Gasteiger partial charge in [0.05, 0.1) is 25.2 Å². The quantitative estimate of drug-likeness (QED) is 0.789. The third-order valence-electron chi connectivity index (χ3n) is 2.30. The van der Waals surface area contributed by atoms with Gasteiger partial charge in [-0.1, -0.05) is 6.07 Å². The van der Waals surface area contributed by atoms with Crippen LogP contribution in [0.1, 0.15) is 18.1 Å². The number of alkyl halides is 1. The monoisotopic (exact) mass is 228 g/mol. The second-order valence-electron chi connectivity index (χ2n) is 3.43. The zero-order valence-electron chi connectivity index (χ0n) is 8.28. The van der Waals surface area contributed by atoms with Gasteiger partial charge in [-0.25, -0.2) is 0 Å². The average Bonchev–Trinajstić information content (AvgIpc) is 2.51. The fourth-order valence-corrected chi connectivity index (χ4v) is 1.65. The van der Waals surface area contributed by atoms with Crippen molar-refractivity contribution in [2.24, 2.45) is 0 Å². The molecule has 0 bridgehead atoms. The number of ether oxygens (including phenoxy) is 2. The van der Waals surface area contributed by atoms with Gasteiger partial charge < -0.3 is 14.6 Å². The van der Waals surface area contributed by atoms with Gasteiger partial charge in [0.1, 0.15) is 0 Å². The zero-order valence-corrected chi connectivity index (χ0v) is 9.04. The number of hydrogen-bond acceptors (Lipinski definition) is 3. The number of benzene rings is 1. The molecule has 0 amide bonds. The molecule has 0 saturated carbocycles. The molecule has 3 nitrogen and oxygen atoms in total. The van der Waals surface area contributed by atoms with Gasteiger partial charge in [-0.05, 0) is 17.7 Å². The molecular formula is C11H13ClO3. The van der Waals surface area contributed by atoms with Gasteiger partial charge in [0.2, 0.25) is 0 Å². The number of aliphatic hydroxyl groups excluding tert-OH is 1. The predicted molar refractivity (Wildman–Crippen MR) is 57.7 cm³/mol. The first-order valence-electron chi connectivity index (χ1n) is 4.95. The number of rotatable bonds is 2. The minimum Gasteiger partial charge on any atom is -0.490 e. The SMILES string of the molecule is O[C@H](CCl)c1ccc2c(c1)OCCCO2. The molecule has 0 saturated heterocycles. The maximum absolute atomic E-state index is 9.57. The highest BCUT2D eigenvalue weighted by molar-refractivity contribution is 6.18. The van der Waals surface area contributed by atoms with Crippen molar-refractivity contribution in [2.75, 3.05) is 19.1 Å². The molecular weight excluding hydrogens is 216 g/mol. The van der Waals surface area contributed by atoms with Crippen molar-refractivity contribution >= 4 is 11.6 Å². The van der Waals surface area contributed by atoms with Gasteiger partial charge in [-0.2, -0.15) is 0 Å². The topological polar surface area (TPSA) is 38.7 Å². The summed E-state index contributed by atoms with van der Waals surface area (Å²) in [6.07, 6.45) is 0.228. The second-order valence-corrected chi connectivity index (χ2v) is 3.74. The zero-order chi connectivity index (χ0) is 10.7. The second kappa shape index (κ2) is 4.73. The molecule has 1 N–H and O–H groups in total. The Bertz CT molecular complexity index is 341. The van der Waals surface area contributed by atoms with Gasteiger partial charge in [0, 0.05) is 6.42 Å². The third kappa shape index (κ3) is 2.36. The van der Waals surface area contributed by atoms with E-state index in [0.717, 1.165) is 17.7 Å².